The topological polar surface area (TPSA) is 45.2 Å². The van der Waals surface area contributed by atoms with Gasteiger partial charge in [-0.05, 0) is 18.2 Å². The van der Waals surface area contributed by atoms with Crippen LogP contribution in [-0.4, -0.2) is 24.5 Å². The lowest BCUT2D eigenvalue weighted by Crippen LogP contribution is -2.34. The van der Waals surface area contributed by atoms with Gasteiger partial charge in [0.15, 0.2) is 5.13 Å². The predicted molar refractivity (Wildman–Crippen MR) is 91.1 cm³/mol. The summed E-state index contributed by atoms with van der Waals surface area (Å²) in [6.45, 7) is 0.355. The van der Waals surface area contributed by atoms with E-state index in [9.17, 15) is 9.18 Å². The first-order valence-electron chi connectivity index (χ1n) is 7.20. The Morgan fingerprint density at radius 3 is 2.74 bits per heavy atom. The van der Waals surface area contributed by atoms with Crippen molar-refractivity contribution in [3.8, 4) is 0 Å². The van der Waals surface area contributed by atoms with Crippen LogP contribution in [0.1, 0.15) is 5.56 Å². The summed E-state index contributed by atoms with van der Waals surface area (Å²) in [4.78, 5) is 18.3. The molecule has 1 heterocycles. The third-order valence-corrected chi connectivity index (χ3v) is 4.57. The number of nitrogens with one attached hydrogen (secondary N) is 1. The largest absolute Gasteiger partial charge is 0.350 e. The summed E-state index contributed by atoms with van der Waals surface area (Å²) in [6.07, 6.45) is 0. The molecule has 0 fully saturated rings. The number of fused-ring (bicyclic) bond motifs is 1. The molecule has 0 aliphatic rings. The molecule has 2 aromatic carbocycles. The summed E-state index contributed by atoms with van der Waals surface area (Å²) in [5.41, 5.74) is 1.40. The number of carbonyl (C=O) groups excluding carboxylic acids is 1. The number of nitrogens with zero attached hydrogens (tertiary/aromatic N) is 2. The predicted octanol–water partition coefficient (Wildman–Crippen LogP) is 3.19. The molecule has 0 aliphatic heterocycles. The number of halogens is 1. The molecule has 0 unspecified atom stereocenters. The smallest absolute Gasteiger partial charge is 0.239 e. The molecule has 0 atom stereocenters. The van der Waals surface area contributed by atoms with Crippen molar-refractivity contribution in [2.45, 2.75) is 6.54 Å². The maximum Gasteiger partial charge on any atom is 0.239 e. The standard InChI is InChI=1S/C17H16FN3OS/c1-21(17-20-14-8-4-5-9-15(14)23-17)11-16(22)19-10-12-6-2-3-7-13(12)18/h2-9H,10-11H2,1H3,(H,19,22). The van der Waals surface area contributed by atoms with Crippen LogP contribution in [0, 0.1) is 5.82 Å². The Hall–Kier alpha value is -2.47. The highest BCUT2D eigenvalue weighted by molar-refractivity contribution is 7.22. The van der Waals surface area contributed by atoms with Gasteiger partial charge in [-0.15, -0.1) is 0 Å². The zero-order chi connectivity index (χ0) is 16.2. The van der Waals surface area contributed by atoms with Gasteiger partial charge < -0.3 is 10.2 Å². The highest BCUT2D eigenvalue weighted by atomic mass is 32.1. The number of thiazole rings is 1. The van der Waals surface area contributed by atoms with Crippen LogP contribution in [-0.2, 0) is 11.3 Å². The monoisotopic (exact) mass is 329 g/mol. The van der Waals surface area contributed by atoms with Crippen LogP contribution >= 0.6 is 11.3 Å². The van der Waals surface area contributed by atoms with Crippen LogP contribution < -0.4 is 10.2 Å². The molecule has 0 spiro atoms. The van der Waals surface area contributed by atoms with Crippen molar-refractivity contribution in [2.24, 2.45) is 0 Å². The Morgan fingerprint density at radius 2 is 1.96 bits per heavy atom. The van der Waals surface area contributed by atoms with Gasteiger partial charge in [-0.1, -0.05) is 41.7 Å². The van der Waals surface area contributed by atoms with Crippen molar-refractivity contribution >= 4 is 32.6 Å². The van der Waals surface area contributed by atoms with Crippen molar-refractivity contribution in [2.75, 3.05) is 18.5 Å². The molecule has 23 heavy (non-hydrogen) atoms. The highest BCUT2D eigenvalue weighted by Gasteiger charge is 2.12. The number of anilines is 1. The minimum atomic E-state index is -0.313. The van der Waals surface area contributed by atoms with Gasteiger partial charge in [-0.2, -0.15) is 0 Å². The van der Waals surface area contributed by atoms with Gasteiger partial charge in [0.2, 0.25) is 5.91 Å². The number of benzene rings is 2. The second kappa shape index (κ2) is 6.75. The zero-order valence-corrected chi connectivity index (χ0v) is 13.4. The van der Waals surface area contributed by atoms with Gasteiger partial charge in [-0.25, -0.2) is 9.37 Å². The molecular formula is C17H16FN3OS. The number of aromatic nitrogens is 1. The van der Waals surface area contributed by atoms with Crippen LogP contribution in [0.25, 0.3) is 10.2 Å². The van der Waals surface area contributed by atoms with Crippen LogP contribution in [0.2, 0.25) is 0 Å². The Balaban J connectivity index is 1.60. The molecule has 0 saturated heterocycles. The number of carbonyl (C=O) groups is 1. The minimum absolute atomic E-state index is 0.171. The molecule has 1 N–H and O–H groups in total. The van der Waals surface area contributed by atoms with E-state index in [0.29, 0.717) is 5.56 Å². The van der Waals surface area contributed by atoms with Gasteiger partial charge in [0.05, 0.1) is 16.8 Å². The zero-order valence-electron chi connectivity index (χ0n) is 12.6. The van der Waals surface area contributed by atoms with Gasteiger partial charge in [0.25, 0.3) is 0 Å². The van der Waals surface area contributed by atoms with E-state index in [-0.39, 0.29) is 24.8 Å². The fourth-order valence-electron chi connectivity index (χ4n) is 2.20. The fourth-order valence-corrected chi connectivity index (χ4v) is 3.12. The first-order valence-corrected chi connectivity index (χ1v) is 8.02. The van der Waals surface area contributed by atoms with Gasteiger partial charge in [0.1, 0.15) is 5.82 Å². The third kappa shape index (κ3) is 3.65. The maximum absolute atomic E-state index is 13.5. The van der Waals surface area contributed by atoms with Crippen molar-refractivity contribution in [1.29, 1.82) is 0 Å². The van der Waals surface area contributed by atoms with Gasteiger partial charge in [0, 0.05) is 19.2 Å². The molecule has 4 nitrogen and oxygen atoms in total. The molecule has 3 aromatic rings. The molecule has 0 bridgehead atoms. The van der Waals surface area contributed by atoms with Crippen LogP contribution in [0.3, 0.4) is 0 Å². The van der Waals surface area contributed by atoms with E-state index >= 15 is 0 Å². The first-order chi connectivity index (χ1) is 11.1. The molecule has 0 radical (unpaired) electrons. The number of likely N-dealkylation sites (N-methyl/N-ethyl adjacent to an activating group) is 1. The molecule has 1 aromatic heterocycles. The summed E-state index contributed by atoms with van der Waals surface area (Å²) in [5, 5.41) is 3.51. The number of rotatable bonds is 5. The molecule has 0 saturated carbocycles. The summed E-state index contributed by atoms with van der Waals surface area (Å²) in [6, 6.07) is 14.3. The van der Waals surface area contributed by atoms with Crippen LogP contribution in [0.5, 0.6) is 0 Å². The third-order valence-electron chi connectivity index (χ3n) is 3.42. The summed E-state index contributed by atoms with van der Waals surface area (Å²) >= 11 is 1.54. The molecule has 1 amide bonds. The molecular weight excluding hydrogens is 313 g/mol. The second-order valence-corrected chi connectivity index (χ2v) is 6.20. The Kier molecular flexibility index (Phi) is 4.52. The number of para-hydroxylation sites is 1. The summed E-state index contributed by atoms with van der Waals surface area (Å²) in [7, 11) is 1.82. The van der Waals surface area contributed by atoms with E-state index in [0.717, 1.165) is 15.3 Å². The number of hydrogen-bond donors (Lipinski definition) is 1. The SMILES string of the molecule is CN(CC(=O)NCc1ccccc1F)c1nc2ccccc2s1. The lowest BCUT2D eigenvalue weighted by Gasteiger charge is -2.15. The number of amides is 1. The quantitative estimate of drug-likeness (QED) is 0.782. The summed E-state index contributed by atoms with van der Waals surface area (Å²) in [5.74, 6) is -0.484. The average molecular weight is 329 g/mol. The Bertz CT molecular complexity index is 800. The van der Waals surface area contributed by atoms with Gasteiger partial charge in [-0.3, -0.25) is 4.79 Å². The van der Waals surface area contributed by atoms with Crippen molar-refractivity contribution in [3.63, 3.8) is 0 Å². The van der Waals surface area contributed by atoms with E-state index in [4.69, 9.17) is 0 Å². The van der Waals surface area contributed by atoms with Crippen molar-refractivity contribution < 1.29 is 9.18 Å². The van der Waals surface area contributed by atoms with E-state index < -0.39 is 0 Å². The minimum Gasteiger partial charge on any atom is -0.350 e. The highest BCUT2D eigenvalue weighted by Crippen LogP contribution is 2.27. The Morgan fingerprint density at radius 1 is 1.22 bits per heavy atom. The lowest BCUT2D eigenvalue weighted by atomic mass is 10.2. The van der Waals surface area contributed by atoms with Crippen molar-refractivity contribution in [3.05, 3.63) is 59.9 Å². The van der Waals surface area contributed by atoms with Crippen LogP contribution in [0.15, 0.2) is 48.5 Å². The van der Waals surface area contributed by atoms with E-state index in [1.165, 1.54) is 17.4 Å². The molecule has 0 aliphatic carbocycles. The van der Waals surface area contributed by atoms with E-state index in [2.05, 4.69) is 10.3 Å². The average Bonchev–Trinajstić information content (AvgIpc) is 2.98. The fraction of sp³-hybridized carbons (Fsp3) is 0.176. The van der Waals surface area contributed by atoms with Crippen LogP contribution in [0.4, 0.5) is 9.52 Å². The lowest BCUT2D eigenvalue weighted by molar-refractivity contribution is -0.119. The van der Waals surface area contributed by atoms with Crippen molar-refractivity contribution in [1.82, 2.24) is 10.3 Å². The second-order valence-electron chi connectivity index (χ2n) is 5.19. The molecule has 6 heteroatoms. The van der Waals surface area contributed by atoms with E-state index in [1.54, 1.807) is 23.1 Å². The maximum atomic E-state index is 13.5. The van der Waals surface area contributed by atoms with Gasteiger partial charge >= 0.3 is 0 Å². The normalized spacial score (nSPS) is 10.7. The summed E-state index contributed by atoms with van der Waals surface area (Å²) < 4.78 is 14.6. The molecule has 118 valence electrons. The Labute approximate surface area is 137 Å². The number of hydrogen-bond acceptors (Lipinski definition) is 4. The first kappa shape index (κ1) is 15.4. The molecule has 3 rings (SSSR count). The van der Waals surface area contributed by atoms with E-state index in [1.807, 2.05) is 31.3 Å².